The van der Waals surface area contributed by atoms with Crippen LogP contribution in [-0.2, 0) is 46.5 Å². The molecular formula is C44H58N6O11. The van der Waals surface area contributed by atoms with Crippen LogP contribution >= 0.6 is 0 Å². The van der Waals surface area contributed by atoms with Gasteiger partial charge in [0, 0.05) is 18.7 Å². The van der Waals surface area contributed by atoms with Gasteiger partial charge in [-0.25, -0.2) is 4.68 Å². The number of piperidine rings is 1. The zero-order chi connectivity index (χ0) is 43.6. The summed E-state index contributed by atoms with van der Waals surface area (Å²) >= 11 is 0. The number of amides is 4. The molecule has 330 valence electrons. The third-order valence-electron chi connectivity index (χ3n) is 13.2. The van der Waals surface area contributed by atoms with Gasteiger partial charge in [-0.3, -0.25) is 34.2 Å². The Labute approximate surface area is 355 Å². The first kappa shape index (κ1) is 44.4. The Balaban J connectivity index is 0.790. The highest BCUT2D eigenvalue weighted by Gasteiger charge is 2.61. The number of carbonyl (C=O) groups is 5. The molecule has 0 radical (unpaired) electrons. The first-order valence-corrected chi connectivity index (χ1v) is 21.3. The summed E-state index contributed by atoms with van der Waals surface area (Å²) in [5, 5.41) is 37.2. The first-order chi connectivity index (χ1) is 29.1. The number of rotatable bonds is 17. The van der Waals surface area contributed by atoms with Crippen LogP contribution in [0.3, 0.4) is 0 Å². The van der Waals surface area contributed by atoms with E-state index in [-0.39, 0.29) is 60.0 Å². The fourth-order valence-corrected chi connectivity index (χ4v) is 9.68. The second-order valence-corrected chi connectivity index (χ2v) is 17.6. The summed E-state index contributed by atoms with van der Waals surface area (Å²) in [6.45, 7) is 15.3. The van der Waals surface area contributed by atoms with Gasteiger partial charge >= 0.3 is 0 Å². The predicted molar refractivity (Wildman–Crippen MR) is 219 cm³/mol. The van der Waals surface area contributed by atoms with Crippen molar-refractivity contribution < 1.29 is 53.1 Å². The summed E-state index contributed by atoms with van der Waals surface area (Å²) < 4.78 is 25.0. The largest absolute Gasteiger partial charge is 0.392 e. The topological polar surface area (TPSA) is 221 Å². The molecule has 1 saturated heterocycles. The quantitative estimate of drug-likeness (QED) is 0.102. The third kappa shape index (κ3) is 9.13. The number of hydrogen-bond donors (Lipinski definition) is 4. The summed E-state index contributed by atoms with van der Waals surface area (Å²) in [5.74, 6) is -3.10. The van der Waals surface area contributed by atoms with E-state index in [9.17, 15) is 34.2 Å². The summed E-state index contributed by atoms with van der Waals surface area (Å²) in [6.07, 6.45) is 3.90. The van der Waals surface area contributed by atoms with Crippen LogP contribution in [0.15, 0.2) is 48.2 Å². The molecule has 1 aromatic carbocycles. The minimum Gasteiger partial charge on any atom is -0.392 e. The van der Waals surface area contributed by atoms with Crippen LogP contribution in [0, 0.1) is 29.1 Å². The summed E-state index contributed by atoms with van der Waals surface area (Å²) in [6, 6.07) is 3.86. The second kappa shape index (κ2) is 18.4. The van der Waals surface area contributed by atoms with Crippen LogP contribution in [0.5, 0.6) is 0 Å². The molecule has 8 atom stereocenters. The fourth-order valence-electron chi connectivity index (χ4n) is 9.68. The molecule has 1 unspecified atom stereocenters. The molecule has 2 saturated carbocycles. The molecule has 0 bridgehead atoms. The molecule has 61 heavy (non-hydrogen) atoms. The molecule has 2 aliphatic heterocycles. The standard InChI is InChI=1S/C44H58N6O11/c1-25-9-10-30-31(43(30,4)5)21-26(2)39(53)44(57)22-27(3)37(52)36(44)38(25)61-24-28-23-49(48-47-28)14-16-59-18-20-60-19-17-58-15-13-45-32-8-6-7-29-35(32)42(56)50(41(29)55)33-11-12-34(51)46-40(33)54/h6-8,21,23,27,30-31,33,36-38,45,52,57H,1,9-20,22,24H2,2-5H3,(H,46,51,54)/b26-21+/t27-,30-,31+,33?,36+,37-,38-,44+/m0/s1. The SMILES string of the molecule is C=C1CC[C@H]2[C@@H](/C=C(\C)C(=O)[C@@]3(O)C[C@H](C)[C@H](O)[C@@H]3[C@H]1OCc1cn(CCOCCOCCOCCNc3cccc4c3C(=O)N(C3CCC(=O)NC3=O)C4=O)nn1)C2(C)C. The number of imide groups is 2. The van der Waals surface area contributed by atoms with E-state index in [0.29, 0.717) is 82.0 Å². The maximum atomic E-state index is 13.9. The van der Waals surface area contributed by atoms with Crippen molar-refractivity contribution >= 4 is 35.1 Å². The van der Waals surface area contributed by atoms with Crippen molar-refractivity contribution in [2.24, 2.45) is 29.1 Å². The van der Waals surface area contributed by atoms with Crippen LogP contribution in [0.25, 0.3) is 0 Å². The van der Waals surface area contributed by atoms with Gasteiger partial charge in [0.2, 0.25) is 11.8 Å². The minimum atomic E-state index is -1.78. The van der Waals surface area contributed by atoms with E-state index in [4.69, 9.17) is 18.9 Å². The van der Waals surface area contributed by atoms with E-state index < -0.39 is 53.4 Å². The lowest BCUT2D eigenvalue weighted by atomic mass is 9.77. The van der Waals surface area contributed by atoms with Crippen LogP contribution in [-0.4, -0.2) is 130 Å². The molecule has 1 aromatic heterocycles. The molecule has 2 aromatic rings. The predicted octanol–water partition coefficient (Wildman–Crippen LogP) is 2.61. The molecular weight excluding hydrogens is 789 g/mol. The normalized spacial score (nSPS) is 30.6. The zero-order valence-electron chi connectivity index (χ0n) is 35.4. The minimum absolute atomic E-state index is 0.0521. The number of aliphatic hydroxyl groups is 2. The monoisotopic (exact) mass is 846 g/mol. The number of nitrogens with one attached hydrogen (secondary N) is 2. The van der Waals surface area contributed by atoms with Gasteiger partial charge in [0.25, 0.3) is 11.8 Å². The van der Waals surface area contributed by atoms with Crippen molar-refractivity contribution in [2.45, 2.75) is 96.8 Å². The van der Waals surface area contributed by atoms with Crippen molar-refractivity contribution in [2.75, 3.05) is 51.5 Å². The zero-order valence-corrected chi connectivity index (χ0v) is 35.4. The lowest BCUT2D eigenvalue weighted by molar-refractivity contribution is -0.148. The number of benzene rings is 1. The van der Waals surface area contributed by atoms with E-state index in [0.717, 1.165) is 16.9 Å². The number of aromatic nitrogens is 3. The molecule has 17 heteroatoms. The number of allylic oxidation sites excluding steroid dienone is 1. The summed E-state index contributed by atoms with van der Waals surface area (Å²) in [4.78, 5) is 65.0. The maximum Gasteiger partial charge on any atom is 0.264 e. The number of aliphatic hydroxyl groups excluding tert-OH is 1. The van der Waals surface area contributed by atoms with Crippen LogP contribution in [0.4, 0.5) is 5.69 Å². The van der Waals surface area contributed by atoms with Gasteiger partial charge in [-0.05, 0) is 79.1 Å². The van der Waals surface area contributed by atoms with Gasteiger partial charge in [-0.1, -0.05) is 44.7 Å². The molecule has 3 heterocycles. The Morgan fingerprint density at radius 3 is 2.44 bits per heavy atom. The third-order valence-corrected chi connectivity index (χ3v) is 13.2. The van der Waals surface area contributed by atoms with Crippen molar-refractivity contribution in [1.82, 2.24) is 25.2 Å². The highest BCUT2D eigenvalue weighted by molar-refractivity contribution is 6.25. The highest BCUT2D eigenvalue weighted by Crippen LogP contribution is 2.62. The van der Waals surface area contributed by atoms with E-state index in [1.165, 1.54) is 0 Å². The van der Waals surface area contributed by atoms with Gasteiger partial charge < -0.3 is 34.5 Å². The van der Waals surface area contributed by atoms with E-state index in [1.54, 1.807) is 36.0 Å². The Kier molecular flexibility index (Phi) is 13.4. The van der Waals surface area contributed by atoms with Gasteiger partial charge in [0.05, 0.1) is 88.2 Å². The first-order valence-electron chi connectivity index (χ1n) is 21.3. The molecule has 3 aliphatic carbocycles. The Hall–Kier alpha value is -4.65. The van der Waals surface area contributed by atoms with Gasteiger partial charge in [-0.2, -0.15) is 0 Å². The Morgan fingerprint density at radius 1 is 0.984 bits per heavy atom. The number of anilines is 1. The van der Waals surface area contributed by atoms with Gasteiger partial charge in [-0.15, -0.1) is 5.10 Å². The average Bonchev–Trinajstić information content (AvgIpc) is 3.53. The van der Waals surface area contributed by atoms with Crippen molar-refractivity contribution in [3.05, 3.63) is 65.0 Å². The summed E-state index contributed by atoms with van der Waals surface area (Å²) in [5.41, 5.74) is 0.982. The molecule has 4 amide bonds. The van der Waals surface area contributed by atoms with Gasteiger partial charge in [0.15, 0.2) is 5.78 Å². The van der Waals surface area contributed by atoms with Crippen LogP contribution < -0.4 is 10.6 Å². The van der Waals surface area contributed by atoms with Crippen molar-refractivity contribution in [3.63, 3.8) is 0 Å². The summed E-state index contributed by atoms with van der Waals surface area (Å²) in [7, 11) is 0. The van der Waals surface area contributed by atoms with Crippen molar-refractivity contribution in [1.29, 1.82) is 0 Å². The molecule has 5 aliphatic rings. The van der Waals surface area contributed by atoms with Crippen LogP contribution in [0.2, 0.25) is 0 Å². The van der Waals surface area contributed by atoms with Crippen LogP contribution in [0.1, 0.15) is 86.2 Å². The van der Waals surface area contributed by atoms with Crippen molar-refractivity contribution in [3.8, 4) is 0 Å². The van der Waals surface area contributed by atoms with E-state index in [2.05, 4.69) is 41.4 Å². The fraction of sp³-hybridized carbons (Fsp3) is 0.614. The highest BCUT2D eigenvalue weighted by atomic mass is 16.5. The molecule has 7 rings (SSSR count). The number of fused-ring (bicyclic) bond motifs is 3. The Morgan fingerprint density at radius 2 is 1.70 bits per heavy atom. The maximum absolute atomic E-state index is 13.9. The average molecular weight is 847 g/mol. The molecule has 0 spiro atoms. The van der Waals surface area contributed by atoms with E-state index in [1.807, 2.05) is 13.0 Å². The number of nitrogens with zero attached hydrogens (tertiary/aromatic N) is 4. The number of hydrogen-bond acceptors (Lipinski definition) is 14. The Bertz CT molecular complexity index is 2060. The number of ketones is 1. The lowest BCUT2D eigenvalue weighted by Gasteiger charge is -2.37. The molecule has 17 nitrogen and oxygen atoms in total. The number of ether oxygens (including phenoxy) is 4. The molecule has 3 fully saturated rings. The smallest absolute Gasteiger partial charge is 0.264 e. The lowest BCUT2D eigenvalue weighted by Crippen LogP contribution is -2.54. The number of Topliss-reactive ketones (excluding diaryl/α,β-unsaturated/α-hetero) is 1. The van der Waals surface area contributed by atoms with E-state index >= 15 is 0 Å². The van der Waals surface area contributed by atoms with Gasteiger partial charge in [0.1, 0.15) is 17.3 Å². The number of carbonyl (C=O) groups excluding carboxylic acids is 5. The molecule has 4 N–H and O–H groups in total. The second-order valence-electron chi connectivity index (χ2n) is 17.6.